The van der Waals surface area contributed by atoms with Crippen molar-refractivity contribution in [3.05, 3.63) is 29.8 Å². The molecule has 0 atom stereocenters. The minimum atomic E-state index is -0.189. The van der Waals surface area contributed by atoms with E-state index < -0.39 is 0 Å². The molecule has 0 unspecified atom stereocenters. The number of nitrogens with one attached hydrogen (secondary N) is 1. The lowest BCUT2D eigenvalue weighted by Gasteiger charge is -2.56. The highest BCUT2D eigenvalue weighted by molar-refractivity contribution is 6.20. The van der Waals surface area contributed by atoms with Crippen LogP contribution in [0.2, 0.25) is 0 Å². The number of nitrogens with zero attached hydrogens (tertiary/aromatic N) is 1. The van der Waals surface area contributed by atoms with Gasteiger partial charge in [-0.2, -0.15) is 0 Å². The summed E-state index contributed by atoms with van der Waals surface area (Å²) in [6.45, 7) is 0.751. The van der Waals surface area contributed by atoms with Crippen LogP contribution in [0.4, 0.5) is 5.69 Å². The maximum atomic E-state index is 12.8. The Hall–Kier alpha value is -2.17. The van der Waals surface area contributed by atoms with E-state index in [1.807, 2.05) is 0 Å². The first-order valence-electron chi connectivity index (χ1n) is 10.3. The summed E-state index contributed by atoms with van der Waals surface area (Å²) in [4.78, 5) is 37.9. The summed E-state index contributed by atoms with van der Waals surface area (Å²) in [6, 6.07) is 6.88. The standard InChI is InChI=1S/C22H26N2O3/c25-19-4-5-20(26)24(19)18-3-1-2-17(9-18)21(27)23-13-22-10-14-6-15(11-22)8-16(7-14)12-22/h1-3,9,14-16H,4-8,10-13H2,(H,23,27). The normalized spacial score (nSPS) is 34.4. The van der Waals surface area contributed by atoms with Crippen LogP contribution in [0.15, 0.2) is 24.3 Å². The van der Waals surface area contributed by atoms with Crippen molar-refractivity contribution >= 4 is 23.4 Å². The van der Waals surface area contributed by atoms with Crippen molar-refractivity contribution in [2.24, 2.45) is 23.2 Å². The zero-order chi connectivity index (χ0) is 18.6. The predicted octanol–water partition coefficient (Wildman–Crippen LogP) is 3.29. The van der Waals surface area contributed by atoms with E-state index in [1.54, 1.807) is 24.3 Å². The van der Waals surface area contributed by atoms with Gasteiger partial charge in [-0.25, -0.2) is 0 Å². The summed E-state index contributed by atoms with van der Waals surface area (Å²) in [6.07, 6.45) is 8.47. The molecule has 0 aromatic heterocycles. The molecule has 5 heteroatoms. The Morgan fingerprint density at radius 1 is 1.00 bits per heavy atom. The molecule has 4 aliphatic carbocycles. The van der Waals surface area contributed by atoms with E-state index in [1.165, 1.54) is 43.4 Å². The molecule has 27 heavy (non-hydrogen) atoms. The first-order valence-corrected chi connectivity index (χ1v) is 10.3. The van der Waals surface area contributed by atoms with Crippen molar-refractivity contribution in [2.75, 3.05) is 11.4 Å². The number of anilines is 1. The molecule has 3 amide bonds. The quantitative estimate of drug-likeness (QED) is 0.832. The van der Waals surface area contributed by atoms with Gasteiger partial charge < -0.3 is 5.32 Å². The number of carbonyl (C=O) groups is 3. The summed E-state index contributed by atoms with van der Waals surface area (Å²) in [7, 11) is 0. The van der Waals surface area contributed by atoms with Gasteiger partial charge in [0, 0.05) is 24.9 Å². The third-order valence-electron chi connectivity index (χ3n) is 7.21. The summed E-state index contributed by atoms with van der Waals surface area (Å²) in [5.41, 5.74) is 1.32. The van der Waals surface area contributed by atoms with E-state index in [2.05, 4.69) is 5.32 Å². The maximum absolute atomic E-state index is 12.8. The van der Waals surface area contributed by atoms with Gasteiger partial charge in [-0.05, 0) is 79.9 Å². The third kappa shape index (κ3) is 2.97. The smallest absolute Gasteiger partial charge is 0.251 e. The molecular weight excluding hydrogens is 340 g/mol. The molecule has 1 aliphatic heterocycles. The van der Waals surface area contributed by atoms with E-state index in [-0.39, 0.29) is 30.6 Å². The van der Waals surface area contributed by atoms with Crippen LogP contribution < -0.4 is 10.2 Å². The van der Waals surface area contributed by atoms with Gasteiger partial charge in [0.15, 0.2) is 0 Å². The molecule has 1 aromatic rings. The van der Waals surface area contributed by atoms with Crippen molar-refractivity contribution in [1.29, 1.82) is 0 Å². The van der Waals surface area contributed by atoms with Gasteiger partial charge in [0.2, 0.25) is 11.8 Å². The summed E-state index contributed by atoms with van der Waals surface area (Å²) in [5, 5.41) is 3.17. The SMILES string of the molecule is O=C(NCC12CC3CC(CC(C3)C1)C2)c1cccc(N2C(=O)CCC2=O)c1. The Kier molecular flexibility index (Phi) is 3.88. The molecule has 5 aliphatic rings. The number of imide groups is 1. The number of hydrogen-bond acceptors (Lipinski definition) is 3. The molecular formula is C22H26N2O3. The van der Waals surface area contributed by atoms with Gasteiger partial charge in [-0.15, -0.1) is 0 Å². The van der Waals surface area contributed by atoms with E-state index in [0.29, 0.717) is 16.7 Å². The second-order valence-corrected chi connectivity index (χ2v) is 9.27. The number of amides is 3. The Balaban J connectivity index is 1.29. The minimum absolute atomic E-state index is 0.105. The number of carbonyl (C=O) groups excluding carboxylic acids is 3. The lowest BCUT2D eigenvalue weighted by atomic mass is 9.49. The average molecular weight is 366 g/mol. The molecule has 1 N–H and O–H groups in total. The largest absolute Gasteiger partial charge is 0.351 e. The Morgan fingerprint density at radius 2 is 1.59 bits per heavy atom. The summed E-state index contributed by atoms with van der Waals surface area (Å²) < 4.78 is 0. The maximum Gasteiger partial charge on any atom is 0.251 e. The van der Waals surface area contributed by atoms with Crippen molar-refractivity contribution in [3.8, 4) is 0 Å². The van der Waals surface area contributed by atoms with Gasteiger partial charge in [0.1, 0.15) is 0 Å². The lowest BCUT2D eigenvalue weighted by molar-refractivity contribution is -0.121. The van der Waals surface area contributed by atoms with Crippen molar-refractivity contribution in [2.45, 2.75) is 51.4 Å². The van der Waals surface area contributed by atoms with E-state index in [0.717, 1.165) is 24.3 Å². The Morgan fingerprint density at radius 3 is 2.19 bits per heavy atom. The van der Waals surface area contributed by atoms with E-state index in [9.17, 15) is 14.4 Å². The van der Waals surface area contributed by atoms with Crippen molar-refractivity contribution < 1.29 is 14.4 Å². The summed E-state index contributed by atoms with van der Waals surface area (Å²) in [5.74, 6) is 2.11. The number of hydrogen-bond donors (Lipinski definition) is 1. The third-order valence-corrected chi connectivity index (χ3v) is 7.21. The Bertz CT molecular complexity index is 764. The fourth-order valence-electron chi connectivity index (χ4n) is 6.53. The highest BCUT2D eigenvalue weighted by atomic mass is 16.2. The Labute approximate surface area is 159 Å². The van der Waals surface area contributed by atoms with E-state index in [4.69, 9.17) is 0 Å². The number of benzene rings is 1. The highest BCUT2D eigenvalue weighted by Gasteiger charge is 2.50. The fraction of sp³-hybridized carbons (Fsp3) is 0.591. The second kappa shape index (κ2) is 6.18. The van der Waals surface area contributed by atoms with Crippen molar-refractivity contribution in [3.63, 3.8) is 0 Å². The second-order valence-electron chi connectivity index (χ2n) is 9.27. The molecule has 142 valence electrons. The molecule has 5 fully saturated rings. The van der Waals surface area contributed by atoms with Gasteiger partial charge in [0.25, 0.3) is 5.91 Å². The topological polar surface area (TPSA) is 66.5 Å². The molecule has 4 saturated carbocycles. The zero-order valence-electron chi connectivity index (χ0n) is 15.6. The molecule has 0 radical (unpaired) electrons. The van der Waals surface area contributed by atoms with Crippen LogP contribution in [0.3, 0.4) is 0 Å². The van der Waals surface area contributed by atoms with Crippen LogP contribution in [0.1, 0.15) is 61.7 Å². The van der Waals surface area contributed by atoms with Crippen LogP contribution in [0.5, 0.6) is 0 Å². The molecule has 0 spiro atoms. The van der Waals surface area contributed by atoms with Crippen LogP contribution in [-0.2, 0) is 9.59 Å². The fourth-order valence-corrected chi connectivity index (χ4v) is 6.53. The molecule has 1 aromatic carbocycles. The zero-order valence-corrected chi connectivity index (χ0v) is 15.6. The molecule has 4 bridgehead atoms. The average Bonchev–Trinajstić information content (AvgIpc) is 2.97. The first-order chi connectivity index (χ1) is 13.0. The monoisotopic (exact) mass is 366 g/mol. The molecule has 5 nitrogen and oxygen atoms in total. The molecule has 1 saturated heterocycles. The predicted molar refractivity (Wildman–Crippen MR) is 101 cm³/mol. The van der Waals surface area contributed by atoms with Gasteiger partial charge in [-0.1, -0.05) is 6.07 Å². The molecule has 6 rings (SSSR count). The number of rotatable bonds is 4. The summed E-state index contributed by atoms with van der Waals surface area (Å²) >= 11 is 0. The first kappa shape index (κ1) is 17.0. The van der Waals surface area contributed by atoms with Crippen LogP contribution >= 0.6 is 0 Å². The molecule has 1 heterocycles. The van der Waals surface area contributed by atoms with Crippen LogP contribution in [0, 0.1) is 23.2 Å². The van der Waals surface area contributed by atoms with Gasteiger partial charge >= 0.3 is 0 Å². The highest BCUT2D eigenvalue weighted by Crippen LogP contribution is 2.59. The lowest BCUT2D eigenvalue weighted by Crippen LogP contribution is -2.51. The van der Waals surface area contributed by atoms with Crippen molar-refractivity contribution in [1.82, 2.24) is 5.32 Å². The van der Waals surface area contributed by atoms with Crippen LogP contribution in [-0.4, -0.2) is 24.3 Å². The van der Waals surface area contributed by atoms with Gasteiger partial charge in [0.05, 0.1) is 5.69 Å². The van der Waals surface area contributed by atoms with Crippen LogP contribution in [0.25, 0.3) is 0 Å². The van der Waals surface area contributed by atoms with E-state index >= 15 is 0 Å². The minimum Gasteiger partial charge on any atom is -0.351 e. The van der Waals surface area contributed by atoms with Gasteiger partial charge in [-0.3, -0.25) is 19.3 Å².